The molecular weight excluding hydrogens is 304 g/mol. The molecule has 0 nitrogen and oxygen atoms in total. The number of aryl methyl sites for hydroxylation is 1. The van der Waals surface area contributed by atoms with Gasteiger partial charge >= 0.3 is 6.18 Å². The van der Waals surface area contributed by atoms with E-state index in [1.54, 1.807) is 12.1 Å². The highest BCUT2D eigenvalue weighted by atomic mass is 19.4. The molecule has 4 rings (SSSR count). The molecule has 0 heterocycles. The van der Waals surface area contributed by atoms with Crippen LogP contribution in [0, 0.1) is 5.82 Å². The quantitative estimate of drug-likeness (QED) is 0.346. The lowest BCUT2D eigenvalue weighted by Crippen LogP contribution is -2.25. The molecule has 0 spiro atoms. The summed E-state index contributed by atoms with van der Waals surface area (Å²) >= 11 is 0. The van der Waals surface area contributed by atoms with Crippen molar-refractivity contribution < 1.29 is 17.6 Å². The zero-order chi connectivity index (χ0) is 16.2. The third-order valence-corrected chi connectivity index (χ3v) is 4.81. The molecule has 3 aromatic rings. The van der Waals surface area contributed by atoms with Crippen LogP contribution in [0.3, 0.4) is 0 Å². The summed E-state index contributed by atoms with van der Waals surface area (Å²) in [4.78, 5) is 0. The fourth-order valence-electron chi connectivity index (χ4n) is 3.81. The van der Waals surface area contributed by atoms with Crippen molar-refractivity contribution >= 4 is 21.5 Å². The summed E-state index contributed by atoms with van der Waals surface area (Å²) in [6.07, 6.45) is -3.27. The van der Waals surface area contributed by atoms with Crippen molar-refractivity contribution in [2.75, 3.05) is 0 Å². The van der Waals surface area contributed by atoms with Crippen LogP contribution in [-0.4, -0.2) is 6.18 Å². The summed E-state index contributed by atoms with van der Waals surface area (Å²) in [6.45, 7) is 0. The monoisotopic (exact) mass is 318 g/mol. The van der Waals surface area contributed by atoms with E-state index < -0.39 is 17.9 Å². The molecule has 1 aliphatic rings. The summed E-state index contributed by atoms with van der Waals surface area (Å²) in [7, 11) is 0. The molecule has 0 aliphatic heterocycles. The van der Waals surface area contributed by atoms with Crippen molar-refractivity contribution in [1.29, 1.82) is 0 Å². The van der Waals surface area contributed by atoms with Crippen LogP contribution in [0.2, 0.25) is 0 Å². The van der Waals surface area contributed by atoms with Gasteiger partial charge in [0.15, 0.2) is 0 Å². The molecule has 3 aromatic carbocycles. The van der Waals surface area contributed by atoms with Gasteiger partial charge < -0.3 is 0 Å². The van der Waals surface area contributed by atoms with E-state index in [2.05, 4.69) is 0 Å². The van der Waals surface area contributed by atoms with Crippen molar-refractivity contribution in [2.45, 2.75) is 31.4 Å². The summed E-state index contributed by atoms with van der Waals surface area (Å²) in [5, 5.41) is 2.69. The molecule has 1 unspecified atom stereocenters. The Morgan fingerprint density at radius 2 is 1.74 bits per heavy atom. The van der Waals surface area contributed by atoms with Crippen molar-refractivity contribution in [3.63, 3.8) is 0 Å². The number of benzene rings is 3. The Labute approximate surface area is 130 Å². The fraction of sp³-hybridized carbons (Fsp3) is 0.263. The highest BCUT2D eigenvalue weighted by molar-refractivity contribution is 6.09. The van der Waals surface area contributed by atoms with E-state index in [9.17, 15) is 17.6 Å². The minimum Gasteiger partial charge on any atom is -0.206 e. The maximum atomic E-state index is 14.6. The number of alkyl halides is 3. The van der Waals surface area contributed by atoms with Crippen LogP contribution in [0.15, 0.2) is 42.5 Å². The Morgan fingerprint density at radius 1 is 0.957 bits per heavy atom. The molecule has 0 aromatic heterocycles. The van der Waals surface area contributed by atoms with Crippen molar-refractivity contribution in [2.24, 2.45) is 0 Å². The molecule has 0 radical (unpaired) electrons. The van der Waals surface area contributed by atoms with Crippen molar-refractivity contribution in [1.82, 2.24) is 0 Å². The van der Waals surface area contributed by atoms with E-state index in [0.717, 1.165) is 10.8 Å². The third kappa shape index (κ3) is 2.19. The van der Waals surface area contributed by atoms with Gasteiger partial charge in [-0.3, -0.25) is 0 Å². The van der Waals surface area contributed by atoms with Crippen molar-refractivity contribution in [3.8, 4) is 0 Å². The average Bonchev–Trinajstić information content (AvgIpc) is 2.52. The van der Waals surface area contributed by atoms with Gasteiger partial charge in [-0.25, -0.2) is 4.39 Å². The maximum absolute atomic E-state index is 14.6. The second-order valence-electron chi connectivity index (χ2n) is 6.12. The molecule has 118 valence electrons. The normalized spacial score (nSPS) is 18.3. The molecule has 0 fully saturated rings. The first-order chi connectivity index (χ1) is 11.0. The molecular formula is C19H14F4. The third-order valence-electron chi connectivity index (χ3n) is 4.81. The Bertz CT molecular complexity index is 909. The largest absolute Gasteiger partial charge is 0.395 e. The van der Waals surface area contributed by atoms with Gasteiger partial charge in [-0.05, 0) is 52.6 Å². The minimum absolute atomic E-state index is 0.0806. The zero-order valence-electron chi connectivity index (χ0n) is 12.3. The number of halogens is 4. The smallest absolute Gasteiger partial charge is 0.206 e. The van der Waals surface area contributed by atoms with E-state index in [1.807, 2.05) is 24.3 Å². The molecule has 1 atom stereocenters. The first-order valence-corrected chi connectivity index (χ1v) is 7.66. The van der Waals surface area contributed by atoms with E-state index in [4.69, 9.17) is 0 Å². The fourth-order valence-corrected chi connectivity index (χ4v) is 3.81. The summed E-state index contributed by atoms with van der Waals surface area (Å²) < 4.78 is 54.5. The van der Waals surface area contributed by atoms with E-state index in [-0.39, 0.29) is 12.0 Å². The lowest BCUT2D eigenvalue weighted by molar-refractivity contribution is -0.153. The highest BCUT2D eigenvalue weighted by Gasteiger charge is 2.43. The lowest BCUT2D eigenvalue weighted by atomic mass is 9.79. The second kappa shape index (κ2) is 4.95. The zero-order valence-corrected chi connectivity index (χ0v) is 12.3. The Morgan fingerprint density at radius 3 is 2.52 bits per heavy atom. The number of hydrogen-bond donors (Lipinski definition) is 0. The van der Waals surface area contributed by atoms with Gasteiger partial charge in [0.05, 0.1) is 5.92 Å². The predicted octanol–water partition coefficient (Wildman–Crippen LogP) is 6.11. The van der Waals surface area contributed by atoms with Gasteiger partial charge in [-0.15, -0.1) is 0 Å². The van der Waals surface area contributed by atoms with Crippen molar-refractivity contribution in [3.05, 3.63) is 59.4 Å². The Kier molecular flexibility index (Phi) is 3.12. The van der Waals surface area contributed by atoms with Crippen LogP contribution >= 0.6 is 0 Å². The van der Waals surface area contributed by atoms with Crippen LogP contribution in [0.25, 0.3) is 21.5 Å². The van der Waals surface area contributed by atoms with E-state index in [0.29, 0.717) is 29.2 Å². The summed E-state index contributed by atoms with van der Waals surface area (Å²) in [5.41, 5.74) is 0.768. The molecule has 23 heavy (non-hydrogen) atoms. The summed E-state index contributed by atoms with van der Waals surface area (Å²) in [6, 6.07) is 12.0. The van der Waals surface area contributed by atoms with Gasteiger partial charge in [-0.2, -0.15) is 13.2 Å². The second-order valence-corrected chi connectivity index (χ2v) is 6.12. The van der Waals surface area contributed by atoms with Crippen LogP contribution < -0.4 is 0 Å². The average molecular weight is 318 g/mol. The molecule has 0 amide bonds. The first-order valence-electron chi connectivity index (χ1n) is 7.66. The lowest BCUT2D eigenvalue weighted by Gasteiger charge is -2.28. The Hall–Kier alpha value is -2.10. The van der Waals surface area contributed by atoms with Gasteiger partial charge in [0, 0.05) is 5.39 Å². The maximum Gasteiger partial charge on any atom is 0.395 e. The first kappa shape index (κ1) is 14.5. The molecule has 1 aliphatic carbocycles. The highest BCUT2D eigenvalue weighted by Crippen LogP contribution is 2.46. The predicted molar refractivity (Wildman–Crippen MR) is 83.1 cm³/mol. The SMILES string of the molecule is Fc1cc2ccccc2c2ccc3c(c12)CCCC3C(F)(F)F. The van der Waals surface area contributed by atoms with Crippen LogP contribution in [0.1, 0.15) is 29.9 Å². The molecule has 0 bridgehead atoms. The summed E-state index contributed by atoms with van der Waals surface area (Å²) in [5.74, 6) is -1.92. The molecule has 0 N–H and O–H groups in total. The number of fused-ring (bicyclic) bond motifs is 5. The van der Waals surface area contributed by atoms with Crippen LogP contribution in [-0.2, 0) is 6.42 Å². The van der Waals surface area contributed by atoms with E-state index >= 15 is 0 Å². The molecule has 4 heteroatoms. The van der Waals surface area contributed by atoms with E-state index in [1.165, 1.54) is 6.07 Å². The van der Waals surface area contributed by atoms with Gasteiger partial charge in [0.2, 0.25) is 0 Å². The van der Waals surface area contributed by atoms with Gasteiger partial charge in [0.25, 0.3) is 0 Å². The molecule has 0 saturated heterocycles. The number of rotatable bonds is 0. The van der Waals surface area contributed by atoms with Gasteiger partial charge in [-0.1, -0.05) is 36.4 Å². The standard InChI is InChI=1S/C19H14F4/c20-17-10-11-4-1-2-5-12(11)15-9-8-13-14(18(15)17)6-3-7-16(13)19(21,22)23/h1-2,4-5,8-10,16H,3,6-7H2. The molecule has 0 saturated carbocycles. The Balaban J connectivity index is 2.08. The van der Waals surface area contributed by atoms with Crippen LogP contribution in [0.4, 0.5) is 17.6 Å². The van der Waals surface area contributed by atoms with Gasteiger partial charge in [0.1, 0.15) is 5.82 Å². The van der Waals surface area contributed by atoms with Crippen LogP contribution in [0.5, 0.6) is 0 Å². The minimum atomic E-state index is -4.28. The topological polar surface area (TPSA) is 0 Å². The number of hydrogen-bond acceptors (Lipinski definition) is 0.